The molecule has 0 aliphatic rings. The Bertz CT molecular complexity index is 707. The molecule has 2 aromatic carbocycles. The summed E-state index contributed by atoms with van der Waals surface area (Å²) in [4.78, 5) is 0. The van der Waals surface area contributed by atoms with Gasteiger partial charge in [0.15, 0.2) is 0 Å². The van der Waals surface area contributed by atoms with Gasteiger partial charge in [0.2, 0.25) is 8.32 Å². The van der Waals surface area contributed by atoms with E-state index in [-0.39, 0.29) is 5.04 Å². The summed E-state index contributed by atoms with van der Waals surface area (Å²) in [7, 11) is -1.79. The van der Waals surface area contributed by atoms with Gasteiger partial charge in [-0.2, -0.15) is 5.26 Å². The fourth-order valence-corrected chi connectivity index (χ4v) is 3.02. The molecule has 0 unspecified atom stereocenters. The van der Waals surface area contributed by atoms with E-state index in [0.29, 0.717) is 5.56 Å². The molecule has 0 saturated carbocycles. The molecule has 0 radical (unpaired) electrons. The Labute approximate surface area is 146 Å². The molecule has 0 aliphatic heterocycles. The summed E-state index contributed by atoms with van der Waals surface area (Å²) in [6.07, 6.45) is 0. The van der Waals surface area contributed by atoms with Crippen LogP contribution in [0.3, 0.4) is 0 Å². The summed E-state index contributed by atoms with van der Waals surface area (Å²) in [5.74, 6) is 0.948. The lowest BCUT2D eigenvalue weighted by Crippen LogP contribution is -2.43. The van der Waals surface area contributed by atoms with Crippen LogP contribution in [0.2, 0.25) is 18.1 Å². The van der Waals surface area contributed by atoms with E-state index in [0.717, 1.165) is 18.0 Å². The highest BCUT2D eigenvalue weighted by Gasteiger charge is 2.38. The summed E-state index contributed by atoms with van der Waals surface area (Å²) in [6.45, 7) is 12.0. The van der Waals surface area contributed by atoms with Crippen LogP contribution in [0.25, 0.3) is 0 Å². The second-order valence-electron chi connectivity index (χ2n) is 7.55. The van der Waals surface area contributed by atoms with Crippen LogP contribution in [0.4, 0.5) is 5.69 Å². The molecule has 0 atom stereocenters. The van der Waals surface area contributed by atoms with Gasteiger partial charge in [0, 0.05) is 12.2 Å². The molecule has 4 heteroatoms. The summed E-state index contributed by atoms with van der Waals surface area (Å²) < 4.78 is 6.30. The van der Waals surface area contributed by atoms with Crippen LogP contribution in [0.1, 0.15) is 31.9 Å². The van der Waals surface area contributed by atoms with Crippen LogP contribution in [-0.4, -0.2) is 8.32 Å². The van der Waals surface area contributed by atoms with E-state index in [2.05, 4.69) is 69.5 Å². The van der Waals surface area contributed by atoms with Crippen molar-refractivity contribution in [2.24, 2.45) is 0 Å². The molecule has 0 saturated heterocycles. The molecule has 126 valence electrons. The molecule has 0 aromatic heterocycles. The van der Waals surface area contributed by atoms with Crippen molar-refractivity contribution < 1.29 is 4.43 Å². The van der Waals surface area contributed by atoms with E-state index in [1.807, 2.05) is 24.3 Å². The van der Waals surface area contributed by atoms with E-state index >= 15 is 0 Å². The lowest BCUT2D eigenvalue weighted by Gasteiger charge is -2.36. The zero-order valence-electron chi connectivity index (χ0n) is 15.2. The van der Waals surface area contributed by atoms with Crippen molar-refractivity contribution in [3.05, 3.63) is 59.7 Å². The highest BCUT2D eigenvalue weighted by molar-refractivity contribution is 6.74. The van der Waals surface area contributed by atoms with E-state index < -0.39 is 8.32 Å². The molecule has 0 amide bonds. The molecule has 0 fully saturated rings. The van der Waals surface area contributed by atoms with Gasteiger partial charge in [0.1, 0.15) is 5.75 Å². The minimum absolute atomic E-state index is 0.197. The Hall–Kier alpha value is -2.25. The summed E-state index contributed by atoms with van der Waals surface area (Å²) in [6, 6.07) is 17.9. The maximum absolute atomic E-state index is 8.81. The van der Waals surface area contributed by atoms with Crippen molar-refractivity contribution in [3.8, 4) is 11.8 Å². The number of hydrogen-bond acceptors (Lipinski definition) is 3. The standard InChI is InChI=1S/C20H26N2OSi/c1-20(2,3)24(4,5)23-19-12-8-17(9-13-19)15-22-18-10-6-16(14-21)7-11-18/h6-13,22H,15H2,1-5H3. The third kappa shape index (κ3) is 4.62. The maximum Gasteiger partial charge on any atom is 0.250 e. The SMILES string of the molecule is CC(C)(C)[Si](C)(C)Oc1ccc(CNc2ccc(C#N)cc2)cc1. The van der Waals surface area contributed by atoms with Crippen molar-refractivity contribution in [2.75, 3.05) is 5.32 Å². The molecule has 2 rings (SSSR count). The second kappa shape index (κ2) is 7.10. The van der Waals surface area contributed by atoms with Crippen LogP contribution >= 0.6 is 0 Å². The number of rotatable bonds is 5. The first kappa shape index (κ1) is 18.1. The monoisotopic (exact) mass is 338 g/mol. The summed E-state index contributed by atoms with van der Waals surface area (Å²) in [5.41, 5.74) is 2.88. The van der Waals surface area contributed by atoms with Crippen LogP contribution in [0, 0.1) is 11.3 Å². The molecule has 0 heterocycles. The molecule has 3 nitrogen and oxygen atoms in total. The molecular weight excluding hydrogens is 312 g/mol. The van der Waals surface area contributed by atoms with Crippen molar-refractivity contribution in [1.29, 1.82) is 5.26 Å². The van der Waals surface area contributed by atoms with Gasteiger partial charge in [0.25, 0.3) is 0 Å². The van der Waals surface area contributed by atoms with Crippen LogP contribution in [0.5, 0.6) is 5.75 Å². The fraction of sp³-hybridized carbons (Fsp3) is 0.350. The molecular formula is C20H26N2OSi. The zero-order chi connectivity index (χ0) is 17.8. The van der Waals surface area contributed by atoms with Crippen LogP contribution < -0.4 is 9.74 Å². The zero-order valence-corrected chi connectivity index (χ0v) is 16.2. The molecule has 24 heavy (non-hydrogen) atoms. The van der Waals surface area contributed by atoms with Gasteiger partial charge in [0.05, 0.1) is 11.6 Å². The van der Waals surface area contributed by atoms with Gasteiger partial charge in [-0.05, 0) is 60.1 Å². The smallest absolute Gasteiger partial charge is 0.250 e. The second-order valence-corrected chi connectivity index (χ2v) is 12.3. The van der Waals surface area contributed by atoms with Gasteiger partial charge < -0.3 is 9.74 Å². The number of hydrogen-bond donors (Lipinski definition) is 1. The van der Waals surface area contributed by atoms with E-state index in [9.17, 15) is 0 Å². The third-order valence-corrected chi connectivity index (χ3v) is 8.97. The average Bonchev–Trinajstić information content (AvgIpc) is 2.53. The van der Waals surface area contributed by atoms with E-state index in [4.69, 9.17) is 9.69 Å². The predicted molar refractivity (Wildman–Crippen MR) is 103 cm³/mol. The first-order valence-corrected chi connectivity index (χ1v) is 11.1. The predicted octanol–water partition coefficient (Wildman–Crippen LogP) is 5.55. The van der Waals surface area contributed by atoms with Crippen molar-refractivity contribution in [2.45, 2.75) is 45.4 Å². The topological polar surface area (TPSA) is 45.0 Å². The summed E-state index contributed by atoms with van der Waals surface area (Å²) in [5, 5.41) is 12.4. The number of benzene rings is 2. The fourth-order valence-electron chi connectivity index (χ4n) is 1.99. The minimum Gasteiger partial charge on any atom is -0.544 e. The van der Waals surface area contributed by atoms with Gasteiger partial charge in [-0.15, -0.1) is 0 Å². The Kier molecular flexibility index (Phi) is 5.35. The van der Waals surface area contributed by atoms with Gasteiger partial charge in [-0.25, -0.2) is 0 Å². The Morgan fingerprint density at radius 3 is 2.08 bits per heavy atom. The normalized spacial score (nSPS) is 11.7. The highest BCUT2D eigenvalue weighted by atomic mass is 28.4. The number of nitriles is 1. The summed E-state index contributed by atoms with van der Waals surface area (Å²) >= 11 is 0. The van der Waals surface area contributed by atoms with Gasteiger partial charge >= 0.3 is 0 Å². The lowest BCUT2D eigenvalue weighted by molar-refractivity contribution is 0.492. The Morgan fingerprint density at radius 1 is 1.00 bits per heavy atom. The molecule has 2 aromatic rings. The van der Waals surface area contributed by atoms with E-state index in [1.165, 1.54) is 5.56 Å². The average molecular weight is 339 g/mol. The highest BCUT2D eigenvalue weighted by Crippen LogP contribution is 2.37. The van der Waals surface area contributed by atoms with Crippen molar-refractivity contribution in [1.82, 2.24) is 0 Å². The number of anilines is 1. The lowest BCUT2D eigenvalue weighted by atomic mass is 10.2. The quantitative estimate of drug-likeness (QED) is 0.726. The Balaban J connectivity index is 1.96. The first-order chi connectivity index (χ1) is 11.2. The molecule has 0 bridgehead atoms. The third-order valence-electron chi connectivity index (χ3n) is 4.61. The van der Waals surface area contributed by atoms with Crippen LogP contribution in [-0.2, 0) is 6.54 Å². The first-order valence-electron chi connectivity index (χ1n) is 8.23. The number of nitrogens with one attached hydrogen (secondary N) is 1. The maximum atomic E-state index is 8.81. The number of nitrogens with zero attached hydrogens (tertiary/aromatic N) is 1. The molecule has 0 aliphatic carbocycles. The van der Waals surface area contributed by atoms with Gasteiger partial charge in [-0.3, -0.25) is 0 Å². The largest absolute Gasteiger partial charge is 0.544 e. The van der Waals surface area contributed by atoms with Crippen LogP contribution in [0.15, 0.2) is 48.5 Å². The van der Waals surface area contributed by atoms with Crippen molar-refractivity contribution >= 4 is 14.0 Å². The molecule has 0 spiro atoms. The minimum atomic E-state index is -1.79. The van der Waals surface area contributed by atoms with E-state index in [1.54, 1.807) is 0 Å². The van der Waals surface area contributed by atoms with Gasteiger partial charge in [-0.1, -0.05) is 32.9 Å². The van der Waals surface area contributed by atoms with Crippen molar-refractivity contribution in [3.63, 3.8) is 0 Å². The molecule has 1 N–H and O–H groups in total. The Morgan fingerprint density at radius 2 is 1.58 bits per heavy atom.